The predicted octanol–water partition coefficient (Wildman–Crippen LogP) is 3.29. The summed E-state index contributed by atoms with van der Waals surface area (Å²) in [6.45, 7) is 0. The molecule has 1 unspecified atom stereocenters. The lowest BCUT2D eigenvalue weighted by molar-refractivity contribution is 0.1000. The Balaban J connectivity index is 1.77. The van der Waals surface area contributed by atoms with Crippen LogP contribution in [0.4, 0.5) is 10.5 Å². The van der Waals surface area contributed by atoms with Crippen LogP contribution in [-0.2, 0) is 0 Å². The molecule has 0 spiro atoms. The maximum atomic E-state index is 12.4. The van der Waals surface area contributed by atoms with E-state index in [2.05, 4.69) is 10.6 Å². The highest BCUT2D eigenvalue weighted by Gasteiger charge is 2.19. The molecular weight excluding hydrogens is 318 g/mol. The number of urea groups is 1. The molecule has 0 aliphatic carbocycles. The summed E-state index contributed by atoms with van der Waals surface area (Å²) in [5.41, 5.74) is 6.94. The van der Waals surface area contributed by atoms with Crippen LogP contribution in [0, 0.1) is 0 Å². The highest BCUT2D eigenvalue weighted by molar-refractivity contribution is 5.96. The first kappa shape index (κ1) is 16.3. The van der Waals surface area contributed by atoms with Gasteiger partial charge >= 0.3 is 6.03 Å². The van der Waals surface area contributed by atoms with Crippen molar-refractivity contribution in [2.45, 2.75) is 6.04 Å². The second-order valence-corrected chi connectivity index (χ2v) is 5.40. The molecule has 2 aromatic carbocycles. The first-order valence-corrected chi connectivity index (χ1v) is 7.69. The van der Waals surface area contributed by atoms with Crippen LogP contribution in [-0.4, -0.2) is 11.9 Å². The standard InChI is InChI=1S/C19H17N3O3/c20-18(23)14-8-4-9-15(12-14)21-19(24)22-17(16-10-5-11-25-16)13-6-2-1-3-7-13/h1-12,17H,(H2,20,23)(H2,21,22,24). The van der Waals surface area contributed by atoms with E-state index in [1.165, 1.54) is 6.07 Å². The molecule has 25 heavy (non-hydrogen) atoms. The van der Waals surface area contributed by atoms with Gasteiger partial charge in [-0.15, -0.1) is 0 Å². The lowest BCUT2D eigenvalue weighted by atomic mass is 10.0. The monoisotopic (exact) mass is 335 g/mol. The Hall–Kier alpha value is -3.54. The van der Waals surface area contributed by atoms with Crippen molar-refractivity contribution >= 4 is 17.6 Å². The van der Waals surface area contributed by atoms with Crippen molar-refractivity contribution in [3.8, 4) is 0 Å². The molecule has 1 atom stereocenters. The topological polar surface area (TPSA) is 97.4 Å². The van der Waals surface area contributed by atoms with Crippen LogP contribution in [0.2, 0.25) is 0 Å². The largest absolute Gasteiger partial charge is 0.467 e. The zero-order valence-corrected chi connectivity index (χ0v) is 13.3. The Morgan fingerprint density at radius 2 is 1.76 bits per heavy atom. The quantitative estimate of drug-likeness (QED) is 0.667. The fraction of sp³-hybridized carbons (Fsp3) is 0.0526. The summed E-state index contributed by atoms with van der Waals surface area (Å²) in [5.74, 6) is 0.0639. The molecular formula is C19H17N3O3. The molecule has 0 saturated heterocycles. The zero-order chi connectivity index (χ0) is 17.6. The van der Waals surface area contributed by atoms with Gasteiger partial charge in [0.15, 0.2) is 0 Å². The van der Waals surface area contributed by atoms with Crippen molar-refractivity contribution in [1.82, 2.24) is 5.32 Å². The summed E-state index contributed by atoms with van der Waals surface area (Å²) in [7, 11) is 0. The molecule has 0 aliphatic rings. The van der Waals surface area contributed by atoms with Gasteiger partial charge in [0.25, 0.3) is 0 Å². The number of rotatable bonds is 5. The molecule has 0 saturated carbocycles. The highest BCUT2D eigenvalue weighted by atomic mass is 16.3. The molecule has 126 valence electrons. The van der Waals surface area contributed by atoms with Gasteiger partial charge in [0.2, 0.25) is 5.91 Å². The van der Waals surface area contributed by atoms with Crippen molar-refractivity contribution in [3.63, 3.8) is 0 Å². The summed E-state index contributed by atoms with van der Waals surface area (Å²) < 4.78 is 5.45. The second-order valence-electron chi connectivity index (χ2n) is 5.40. The van der Waals surface area contributed by atoms with E-state index in [4.69, 9.17) is 10.2 Å². The van der Waals surface area contributed by atoms with Crippen molar-refractivity contribution in [1.29, 1.82) is 0 Å². The molecule has 6 heteroatoms. The summed E-state index contributed by atoms with van der Waals surface area (Å²) in [5, 5.41) is 5.57. The van der Waals surface area contributed by atoms with Crippen LogP contribution in [0.25, 0.3) is 0 Å². The number of benzene rings is 2. The zero-order valence-electron chi connectivity index (χ0n) is 13.3. The van der Waals surface area contributed by atoms with Gasteiger partial charge in [-0.2, -0.15) is 0 Å². The summed E-state index contributed by atoms with van der Waals surface area (Å²) in [6.07, 6.45) is 1.56. The molecule has 3 aromatic rings. The van der Waals surface area contributed by atoms with E-state index < -0.39 is 18.0 Å². The van der Waals surface area contributed by atoms with E-state index in [0.717, 1.165) is 5.56 Å². The van der Waals surface area contributed by atoms with Crippen molar-refractivity contribution in [3.05, 3.63) is 89.9 Å². The van der Waals surface area contributed by atoms with Gasteiger partial charge < -0.3 is 20.8 Å². The van der Waals surface area contributed by atoms with Crippen LogP contribution in [0.3, 0.4) is 0 Å². The van der Waals surface area contributed by atoms with Gasteiger partial charge in [0.05, 0.1) is 6.26 Å². The van der Waals surface area contributed by atoms with Crippen molar-refractivity contribution in [2.24, 2.45) is 5.73 Å². The van der Waals surface area contributed by atoms with Gasteiger partial charge in [0, 0.05) is 11.3 Å². The number of furan rings is 1. The van der Waals surface area contributed by atoms with Crippen LogP contribution < -0.4 is 16.4 Å². The smallest absolute Gasteiger partial charge is 0.320 e. The molecule has 1 heterocycles. The van der Waals surface area contributed by atoms with Crippen molar-refractivity contribution in [2.75, 3.05) is 5.32 Å². The minimum absolute atomic E-state index is 0.323. The van der Waals surface area contributed by atoms with E-state index in [1.54, 1.807) is 36.6 Å². The molecule has 0 radical (unpaired) electrons. The average molecular weight is 335 g/mol. The maximum absolute atomic E-state index is 12.4. The Morgan fingerprint density at radius 3 is 2.44 bits per heavy atom. The van der Waals surface area contributed by atoms with Crippen LogP contribution in [0.1, 0.15) is 27.7 Å². The van der Waals surface area contributed by atoms with Gasteiger partial charge in [0.1, 0.15) is 11.8 Å². The number of amides is 3. The third kappa shape index (κ3) is 4.06. The molecule has 0 bridgehead atoms. The minimum atomic E-state index is -0.554. The molecule has 1 aromatic heterocycles. The van der Waals surface area contributed by atoms with Crippen molar-refractivity contribution < 1.29 is 14.0 Å². The first-order valence-electron chi connectivity index (χ1n) is 7.69. The molecule has 0 aliphatic heterocycles. The summed E-state index contributed by atoms with van der Waals surface area (Å²) in [6, 6.07) is 18.6. The number of nitrogens with two attached hydrogens (primary N) is 1. The number of hydrogen-bond donors (Lipinski definition) is 3. The number of carbonyl (C=O) groups is 2. The number of carbonyl (C=O) groups excluding carboxylic acids is 2. The Kier molecular flexibility index (Phi) is 4.80. The van der Waals surface area contributed by atoms with Gasteiger partial charge in [-0.25, -0.2) is 4.79 Å². The maximum Gasteiger partial charge on any atom is 0.320 e. The Bertz CT molecular complexity index is 861. The van der Waals surface area contributed by atoms with Crippen LogP contribution in [0.5, 0.6) is 0 Å². The lowest BCUT2D eigenvalue weighted by Crippen LogP contribution is -2.33. The van der Waals surface area contributed by atoms with E-state index >= 15 is 0 Å². The average Bonchev–Trinajstić information content (AvgIpc) is 3.15. The molecule has 4 N–H and O–H groups in total. The minimum Gasteiger partial charge on any atom is -0.467 e. The van der Waals surface area contributed by atoms with E-state index in [-0.39, 0.29) is 0 Å². The highest BCUT2D eigenvalue weighted by Crippen LogP contribution is 2.22. The van der Waals surface area contributed by atoms with E-state index in [1.807, 2.05) is 30.3 Å². The van der Waals surface area contributed by atoms with Gasteiger partial charge in [-0.05, 0) is 35.9 Å². The molecule has 3 amide bonds. The number of primary amides is 1. The van der Waals surface area contributed by atoms with Gasteiger partial charge in [-0.1, -0.05) is 36.4 Å². The Labute approximate surface area is 144 Å². The SMILES string of the molecule is NC(=O)c1cccc(NC(=O)NC(c2ccccc2)c2ccco2)c1. The molecule has 0 fully saturated rings. The van der Waals surface area contributed by atoms with Gasteiger partial charge in [-0.3, -0.25) is 4.79 Å². The number of anilines is 1. The number of hydrogen-bond acceptors (Lipinski definition) is 3. The number of nitrogens with one attached hydrogen (secondary N) is 2. The Morgan fingerprint density at radius 1 is 0.960 bits per heavy atom. The molecule has 6 nitrogen and oxygen atoms in total. The molecule has 3 rings (SSSR count). The lowest BCUT2D eigenvalue weighted by Gasteiger charge is -2.18. The van der Waals surface area contributed by atoms with Crippen LogP contribution in [0.15, 0.2) is 77.4 Å². The predicted molar refractivity (Wildman–Crippen MR) is 94.1 cm³/mol. The fourth-order valence-electron chi connectivity index (χ4n) is 2.47. The fourth-order valence-corrected chi connectivity index (χ4v) is 2.47. The third-order valence-corrected chi connectivity index (χ3v) is 3.64. The summed E-state index contributed by atoms with van der Waals surface area (Å²) >= 11 is 0. The second kappa shape index (κ2) is 7.35. The van der Waals surface area contributed by atoms with Crippen LogP contribution >= 0.6 is 0 Å². The summed E-state index contributed by atoms with van der Waals surface area (Å²) in [4.78, 5) is 23.6. The first-order chi connectivity index (χ1) is 12.1. The van der Waals surface area contributed by atoms with E-state index in [9.17, 15) is 9.59 Å². The third-order valence-electron chi connectivity index (χ3n) is 3.64. The van der Waals surface area contributed by atoms with E-state index in [0.29, 0.717) is 17.0 Å². The normalized spacial score (nSPS) is 11.5.